The van der Waals surface area contributed by atoms with Crippen molar-refractivity contribution < 1.29 is 4.79 Å². The Kier molecular flexibility index (Phi) is 2.39. The third-order valence-electron chi connectivity index (χ3n) is 1.55. The van der Waals surface area contributed by atoms with Gasteiger partial charge in [0.1, 0.15) is 0 Å². The van der Waals surface area contributed by atoms with E-state index < -0.39 is 0 Å². The normalized spacial score (nSPS) is 26.1. The van der Waals surface area contributed by atoms with Gasteiger partial charge in [-0.3, -0.25) is 4.79 Å². The highest BCUT2D eigenvalue weighted by atomic mass is 32.2. The van der Waals surface area contributed by atoms with Gasteiger partial charge < -0.3 is 5.32 Å². The first-order valence-corrected chi connectivity index (χ1v) is 4.29. The van der Waals surface area contributed by atoms with Crippen molar-refractivity contribution in [2.24, 2.45) is 5.92 Å². The molecule has 1 rings (SSSR count). The predicted octanol–water partition coefficient (Wildman–Crippen LogP) is 0.485. The molecule has 1 fully saturated rings. The fourth-order valence-corrected chi connectivity index (χ4v) is 2.17. The summed E-state index contributed by atoms with van der Waals surface area (Å²) in [5, 5.41) is 2.65. The second-order valence-electron chi connectivity index (χ2n) is 2.17. The van der Waals surface area contributed by atoms with Gasteiger partial charge in [-0.15, -0.1) is 0 Å². The van der Waals surface area contributed by atoms with Gasteiger partial charge >= 0.3 is 0 Å². The molecule has 1 saturated heterocycles. The Morgan fingerprint density at radius 1 is 1.78 bits per heavy atom. The van der Waals surface area contributed by atoms with E-state index in [1.54, 1.807) is 7.05 Å². The predicted molar refractivity (Wildman–Crippen MR) is 39.5 cm³/mol. The molecule has 1 aliphatic rings. The van der Waals surface area contributed by atoms with Crippen molar-refractivity contribution in [1.29, 1.82) is 0 Å². The number of carbonyl (C=O) groups excluding carboxylic acids is 1. The number of amides is 1. The zero-order chi connectivity index (χ0) is 6.69. The average molecular weight is 145 g/mol. The topological polar surface area (TPSA) is 29.1 Å². The first-order chi connectivity index (χ1) is 4.34. The minimum atomic E-state index is 0.208. The molecular formula is C6H11NOS. The van der Waals surface area contributed by atoms with Gasteiger partial charge in [-0.25, -0.2) is 0 Å². The van der Waals surface area contributed by atoms with Crippen LogP contribution in [0.5, 0.6) is 0 Å². The molecule has 0 bridgehead atoms. The first kappa shape index (κ1) is 6.93. The van der Waals surface area contributed by atoms with E-state index >= 15 is 0 Å². The number of thioether (sulfide) groups is 1. The smallest absolute Gasteiger partial charge is 0.223 e. The molecule has 0 saturated carbocycles. The highest BCUT2D eigenvalue weighted by Gasteiger charge is 2.21. The lowest BCUT2D eigenvalue weighted by Gasteiger charge is -2.03. The Labute approximate surface area is 59.4 Å². The van der Waals surface area contributed by atoms with Crippen molar-refractivity contribution in [3.63, 3.8) is 0 Å². The molecule has 0 aromatic rings. The third kappa shape index (κ3) is 1.61. The van der Waals surface area contributed by atoms with Crippen LogP contribution in [-0.4, -0.2) is 24.5 Å². The van der Waals surface area contributed by atoms with E-state index in [9.17, 15) is 4.79 Å². The van der Waals surface area contributed by atoms with Crippen molar-refractivity contribution in [3.05, 3.63) is 0 Å². The molecule has 0 aliphatic carbocycles. The minimum absolute atomic E-state index is 0.208. The van der Waals surface area contributed by atoms with Crippen LogP contribution in [0, 0.1) is 5.92 Å². The van der Waals surface area contributed by atoms with E-state index in [0.717, 1.165) is 17.9 Å². The van der Waals surface area contributed by atoms with Crippen LogP contribution >= 0.6 is 11.8 Å². The largest absolute Gasteiger partial charge is 0.359 e. The molecule has 1 heterocycles. The van der Waals surface area contributed by atoms with Crippen molar-refractivity contribution in [1.82, 2.24) is 5.32 Å². The van der Waals surface area contributed by atoms with Gasteiger partial charge in [0, 0.05) is 18.7 Å². The van der Waals surface area contributed by atoms with Crippen LogP contribution in [0.25, 0.3) is 0 Å². The van der Waals surface area contributed by atoms with Crippen molar-refractivity contribution in [2.75, 3.05) is 18.6 Å². The molecule has 0 spiro atoms. The zero-order valence-electron chi connectivity index (χ0n) is 5.52. The Hall–Kier alpha value is -0.180. The molecule has 0 radical (unpaired) electrons. The molecule has 2 nitrogen and oxygen atoms in total. The first-order valence-electron chi connectivity index (χ1n) is 3.14. The fourth-order valence-electron chi connectivity index (χ4n) is 0.945. The van der Waals surface area contributed by atoms with E-state index in [2.05, 4.69) is 5.32 Å². The van der Waals surface area contributed by atoms with Crippen LogP contribution in [0.4, 0.5) is 0 Å². The number of rotatable bonds is 1. The van der Waals surface area contributed by atoms with Crippen molar-refractivity contribution in [3.8, 4) is 0 Å². The Balaban J connectivity index is 2.32. The van der Waals surface area contributed by atoms with E-state index in [4.69, 9.17) is 0 Å². The highest BCUT2D eigenvalue weighted by molar-refractivity contribution is 7.99. The fraction of sp³-hybridized carbons (Fsp3) is 0.833. The lowest BCUT2D eigenvalue weighted by atomic mass is 10.1. The summed E-state index contributed by atoms with van der Waals surface area (Å²) >= 11 is 1.87. The second-order valence-corrected chi connectivity index (χ2v) is 3.32. The molecule has 52 valence electrons. The Morgan fingerprint density at radius 2 is 2.56 bits per heavy atom. The molecular weight excluding hydrogens is 134 g/mol. The van der Waals surface area contributed by atoms with Gasteiger partial charge in [0.05, 0.1) is 0 Å². The number of nitrogens with one attached hydrogen (secondary N) is 1. The third-order valence-corrected chi connectivity index (χ3v) is 2.71. The van der Waals surface area contributed by atoms with Crippen LogP contribution in [0.2, 0.25) is 0 Å². The van der Waals surface area contributed by atoms with E-state index in [-0.39, 0.29) is 5.91 Å². The highest BCUT2D eigenvalue weighted by Crippen LogP contribution is 2.22. The van der Waals surface area contributed by atoms with Crippen molar-refractivity contribution >= 4 is 17.7 Å². The van der Waals surface area contributed by atoms with Crippen LogP contribution in [0.1, 0.15) is 6.42 Å². The quantitative estimate of drug-likeness (QED) is 0.581. The summed E-state index contributed by atoms with van der Waals surface area (Å²) in [5.74, 6) is 2.66. The summed E-state index contributed by atoms with van der Waals surface area (Å²) in [6, 6.07) is 0. The summed E-state index contributed by atoms with van der Waals surface area (Å²) in [4.78, 5) is 10.9. The van der Waals surface area contributed by atoms with Crippen LogP contribution < -0.4 is 5.32 Å². The van der Waals surface area contributed by atoms with Gasteiger partial charge in [0.25, 0.3) is 0 Å². The molecule has 3 heteroatoms. The van der Waals surface area contributed by atoms with Gasteiger partial charge in [0.15, 0.2) is 0 Å². The summed E-state index contributed by atoms with van der Waals surface area (Å²) < 4.78 is 0. The van der Waals surface area contributed by atoms with Crippen LogP contribution in [0.3, 0.4) is 0 Å². The van der Waals surface area contributed by atoms with Gasteiger partial charge in [0.2, 0.25) is 5.91 Å². The molecule has 0 aromatic heterocycles. The second kappa shape index (κ2) is 3.11. The monoisotopic (exact) mass is 145 g/mol. The molecule has 9 heavy (non-hydrogen) atoms. The number of hydrogen-bond acceptors (Lipinski definition) is 2. The maximum Gasteiger partial charge on any atom is 0.223 e. The maximum atomic E-state index is 10.9. The van der Waals surface area contributed by atoms with Gasteiger partial charge in [-0.1, -0.05) is 0 Å². The van der Waals surface area contributed by atoms with Crippen LogP contribution in [0.15, 0.2) is 0 Å². The van der Waals surface area contributed by atoms with E-state index in [0.29, 0.717) is 5.92 Å². The summed E-state index contributed by atoms with van der Waals surface area (Å²) in [6.07, 6.45) is 1.06. The molecule has 0 aromatic carbocycles. The van der Waals surface area contributed by atoms with Crippen LogP contribution in [-0.2, 0) is 4.79 Å². The van der Waals surface area contributed by atoms with Gasteiger partial charge in [-0.2, -0.15) is 11.8 Å². The molecule has 1 amide bonds. The van der Waals surface area contributed by atoms with E-state index in [1.807, 2.05) is 11.8 Å². The molecule has 1 aliphatic heterocycles. The summed E-state index contributed by atoms with van der Waals surface area (Å²) in [5.41, 5.74) is 0. The Morgan fingerprint density at radius 3 is 3.00 bits per heavy atom. The molecule has 0 unspecified atom stereocenters. The summed E-state index contributed by atoms with van der Waals surface area (Å²) in [7, 11) is 1.70. The van der Waals surface area contributed by atoms with E-state index in [1.165, 1.54) is 0 Å². The number of carbonyl (C=O) groups is 1. The maximum absolute atomic E-state index is 10.9. The minimum Gasteiger partial charge on any atom is -0.359 e. The Bertz CT molecular complexity index is 110. The average Bonchev–Trinajstić information content (AvgIpc) is 2.37. The molecule has 1 N–H and O–H groups in total. The standard InChI is InChI=1S/C6H11NOS/c1-7-6(8)5-2-3-9-4-5/h5H,2-4H2,1H3,(H,7,8)/t5-/m0/s1. The number of hydrogen-bond donors (Lipinski definition) is 1. The lowest BCUT2D eigenvalue weighted by molar-refractivity contribution is -0.123. The molecule has 1 atom stereocenters. The van der Waals surface area contributed by atoms with Crippen molar-refractivity contribution in [2.45, 2.75) is 6.42 Å². The summed E-state index contributed by atoms with van der Waals surface area (Å²) in [6.45, 7) is 0. The van der Waals surface area contributed by atoms with Gasteiger partial charge in [-0.05, 0) is 12.2 Å². The SMILES string of the molecule is CNC(=O)[C@H]1CCSC1. The lowest BCUT2D eigenvalue weighted by Crippen LogP contribution is -2.26. The zero-order valence-corrected chi connectivity index (χ0v) is 6.33.